The Labute approximate surface area is 116 Å². The molecule has 0 saturated heterocycles. The van der Waals surface area contributed by atoms with Crippen LogP contribution in [0, 0.1) is 11.8 Å². The van der Waals surface area contributed by atoms with Crippen molar-refractivity contribution < 1.29 is 14.7 Å². The third-order valence-electron chi connectivity index (χ3n) is 3.10. The predicted octanol–water partition coefficient (Wildman–Crippen LogP) is 2.56. The Bertz CT molecular complexity index is 303. The summed E-state index contributed by atoms with van der Waals surface area (Å²) in [6.07, 6.45) is 1.33. The molecule has 112 valence electrons. The van der Waals surface area contributed by atoms with Crippen LogP contribution in [-0.4, -0.2) is 41.1 Å². The normalized spacial score (nSPS) is 14.3. The lowest BCUT2D eigenvalue weighted by Gasteiger charge is -2.28. The Morgan fingerprint density at radius 2 is 1.53 bits per heavy atom. The van der Waals surface area contributed by atoms with Crippen LogP contribution in [0.3, 0.4) is 0 Å². The number of amides is 2. The summed E-state index contributed by atoms with van der Waals surface area (Å²) in [6.45, 7) is 10.0. The number of carbonyl (C=O) groups is 2. The Morgan fingerprint density at radius 1 is 1.05 bits per heavy atom. The molecule has 0 saturated carbocycles. The average Bonchev–Trinajstić information content (AvgIpc) is 2.25. The number of nitrogens with zero attached hydrogens (tertiary/aromatic N) is 1. The molecule has 19 heavy (non-hydrogen) atoms. The van der Waals surface area contributed by atoms with Gasteiger partial charge in [0.15, 0.2) is 0 Å². The zero-order chi connectivity index (χ0) is 15.2. The molecule has 0 aromatic rings. The number of rotatable bonds is 7. The van der Waals surface area contributed by atoms with Crippen LogP contribution in [0.2, 0.25) is 0 Å². The van der Waals surface area contributed by atoms with E-state index in [0.717, 1.165) is 6.42 Å². The monoisotopic (exact) mass is 272 g/mol. The standard InChI is InChI=1S/C14H28N2O3/c1-9(2)7-11(5)16(6)14(19)15-12(13(17)18)8-10(3)4/h9-12H,7-8H2,1-6H3,(H,15,19)(H,17,18)/t11?,12-/m1/s1. The van der Waals surface area contributed by atoms with Gasteiger partial charge in [0.05, 0.1) is 0 Å². The van der Waals surface area contributed by atoms with Gasteiger partial charge < -0.3 is 15.3 Å². The number of urea groups is 1. The number of nitrogens with one attached hydrogen (secondary N) is 1. The summed E-state index contributed by atoms with van der Waals surface area (Å²) in [5, 5.41) is 11.7. The molecule has 0 radical (unpaired) electrons. The average molecular weight is 272 g/mol. The van der Waals surface area contributed by atoms with Crippen molar-refractivity contribution in [2.24, 2.45) is 11.8 Å². The Balaban J connectivity index is 4.50. The summed E-state index contributed by atoms with van der Waals surface area (Å²) in [6, 6.07) is -1.05. The second-order valence-electron chi connectivity index (χ2n) is 6.06. The van der Waals surface area contributed by atoms with E-state index in [2.05, 4.69) is 19.2 Å². The zero-order valence-electron chi connectivity index (χ0n) is 12.9. The maximum atomic E-state index is 12.0. The lowest BCUT2D eigenvalue weighted by Crippen LogP contribution is -2.49. The van der Waals surface area contributed by atoms with Crippen molar-refractivity contribution in [2.75, 3.05) is 7.05 Å². The predicted molar refractivity (Wildman–Crippen MR) is 76.1 cm³/mol. The van der Waals surface area contributed by atoms with Gasteiger partial charge in [-0.25, -0.2) is 9.59 Å². The molecule has 0 aliphatic carbocycles. The van der Waals surface area contributed by atoms with Gasteiger partial charge in [-0.15, -0.1) is 0 Å². The number of hydrogen-bond donors (Lipinski definition) is 2. The van der Waals surface area contributed by atoms with Gasteiger partial charge in [0.2, 0.25) is 0 Å². The number of aliphatic carboxylic acids is 1. The molecule has 0 aliphatic rings. The molecule has 0 heterocycles. The van der Waals surface area contributed by atoms with Crippen LogP contribution >= 0.6 is 0 Å². The first-order valence-corrected chi connectivity index (χ1v) is 6.91. The van der Waals surface area contributed by atoms with Gasteiger partial charge in [0, 0.05) is 13.1 Å². The first-order valence-electron chi connectivity index (χ1n) is 6.91. The molecule has 0 bridgehead atoms. The first-order chi connectivity index (χ1) is 8.65. The van der Waals surface area contributed by atoms with Gasteiger partial charge in [-0.1, -0.05) is 27.7 Å². The molecule has 0 rings (SSSR count). The Kier molecular flexibility index (Phi) is 7.49. The first kappa shape index (κ1) is 17.7. The molecule has 2 N–H and O–H groups in total. The van der Waals surface area contributed by atoms with Crippen LogP contribution in [-0.2, 0) is 4.79 Å². The van der Waals surface area contributed by atoms with E-state index in [4.69, 9.17) is 5.11 Å². The molecule has 2 amide bonds. The van der Waals surface area contributed by atoms with Crippen LogP contribution in [0.25, 0.3) is 0 Å². The SMILES string of the molecule is CC(C)CC(C)N(C)C(=O)N[C@H](CC(C)C)C(=O)O. The third-order valence-corrected chi connectivity index (χ3v) is 3.10. The minimum absolute atomic E-state index is 0.0912. The van der Waals surface area contributed by atoms with Crippen molar-refractivity contribution >= 4 is 12.0 Å². The third kappa shape index (κ3) is 7.03. The highest BCUT2D eigenvalue weighted by Gasteiger charge is 2.24. The minimum Gasteiger partial charge on any atom is -0.480 e. The largest absolute Gasteiger partial charge is 0.480 e. The van der Waals surface area contributed by atoms with Crippen molar-refractivity contribution in [2.45, 2.75) is 59.5 Å². The van der Waals surface area contributed by atoms with Gasteiger partial charge >= 0.3 is 12.0 Å². The fourth-order valence-corrected chi connectivity index (χ4v) is 1.98. The van der Waals surface area contributed by atoms with Gasteiger partial charge in [0.1, 0.15) is 6.04 Å². The number of carboxylic acid groups (broad SMARTS) is 1. The van der Waals surface area contributed by atoms with Crippen LogP contribution in [0.5, 0.6) is 0 Å². The van der Waals surface area contributed by atoms with E-state index in [1.54, 1.807) is 11.9 Å². The van der Waals surface area contributed by atoms with Crippen molar-refractivity contribution in [1.29, 1.82) is 0 Å². The Morgan fingerprint density at radius 3 is 1.89 bits per heavy atom. The zero-order valence-corrected chi connectivity index (χ0v) is 12.9. The quantitative estimate of drug-likeness (QED) is 0.748. The summed E-state index contributed by atoms with van der Waals surface area (Å²) in [5.41, 5.74) is 0. The maximum Gasteiger partial charge on any atom is 0.326 e. The highest BCUT2D eigenvalue weighted by Crippen LogP contribution is 2.11. The highest BCUT2D eigenvalue weighted by atomic mass is 16.4. The molecule has 0 aromatic heterocycles. The van der Waals surface area contributed by atoms with Gasteiger partial charge in [0.25, 0.3) is 0 Å². The van der Waals surface area contributed by atoms with E-state index >= 15 is 0 Å². The van der Waals surface area contributed by atoms with Crippen molar-refractivity contribution in [3.63, 3.8) is 0 Å². The lowest BCUT2D eigenvalue weighted by atomic mass is 10.0. The fraction of sp³-hybridized carbons (Fsp3) is 0.857. The molecular formula is C14H28N2O3. The maximum absolute atomic E-state index is 12.0. The Hall–Kier alpha value is -1.26. The summed E-state index contributed by atoms with van der Waals surface area (Å²) in [5.74, 6) is -0.261. The van der Waals surface area contributed by atoms with Crippen LogP contribution in [0.15, 0.2) is 0 Å². The molecular weight excluding hydrogens is 244 g/mol. The minimum atomic E-state index is -0.980. The van der Waals surface area contributed by atoms with Crippen LogP contribution in [0.4, 0.5) is 4.79 Å². The second-order valence-corrected chi connectivity index (χ2v) is 6.06. The number of carboxylic acids is 1. The smallest absolute Gasteiger partial charge is 0.326 e. The molecule has 0 aliphatic heterocycles. The highest BCUT2D eigenvalue weighted by molar-refractivity contribution is 5.82. The van der Waals surface area contributed by atoms with E-state index in [-0.39, 0.29) is 18.0 Å². The molecule has 5 heteroatoms. The molecule has 5 nitrogen and oxygen atoms in total. The topological polar surface area (TPSA) is 69.6 Å². The summed E-state index contributed by atoms with van der Waals surface area (Å²) in [4.78, 5) is 24.7. The van der Waals surface area contributed by atoms with E-state index in [1.807, 2.05) is 20.8 Å². The summed E-state index contributed by atoms with van der Waals surface area (Å²) in [7, 11) is 1.71. The summed E-state index contributed by atoms with van der Waals surface area (Å²) < 4.78 is 0. The van der Waals surface area contributed by atoms with Crippen LogP contribution < -0.4 is 5.32 Å². The molecule has 0 aromatic carbocycles. The fourth-order valence-electron chi connectivity index (χ4n) is 1.98. The summed E-state index contributed by atoms with van der Waals surface area (Å²) >= 11 is 0. The van der Waals surface area contributed by atoms with Crippen molar-refractivity contribution in [1.82, 2.24) is 10.2 Å². The van der Waals surface area contributed by atoms with Crippen LogP contribution in [0.1, 0.15) is 47.5 Å². The second kappa shape index (κ2) is 8.02. The molecule has 0 fully saturated rings. The van der Waals surface area contributed by atoms with Gasteiger partial charge in [-0.2, -0.15) is 0 Å². The number of carbonyl (C=O) groups excluding carboxylic acids is 1. The van der Waals surface area contributed by atoms with E-state index < -0.39 is 12.0 Å². The van der Waals surface area contributed by atoms with Crippen molar-refractivity contribution in [3.05, 3.63) is 0 Å². The molecule has 2 atom stereocenters. The van der Waals surface area contributed by atoms with E-state index in [9.17, 15) is 9.59 Å². The molecule has 1 unspecified atom stereocenters. The van der Waals surface area contributed by atoms with Crippen molar-refractivity contribution in [3.8, 4) is 0 Å². The number of hydrogen-bond acceptors (Lipinski definition) is 2. The van der Waals surface area contributed by atoms with Gasteiger partial charge in [-0.3, -0.25) is 0 Å². The van der Waals surface area contributed by atoms with Gasteiger partial charge in [-0.05, 0) is 31.6 Å². The van der Waals surface area contributed by atoms with E-state index in [0.29, 0.717) is 12.3 Å². The van der Waals surface area contributed by atoms with E-state index in [1.165, 1.54) is 0 Å². The molecule has 0 spiro atoms. The lowest BCUT2D eigenvalue weighted by molar-refractivity contribution is -0.139.